The Hall–Kier alpha value is -1.67. The van der Waals surface area contributed by atoms with Crippen molar-refractivity contribution >= 4 is 24.1 Å². The summed E-state index contributed by atoms with van der Waals surface area (Å²) >= 11 is 0. The van der Waals surface area contributed by atoms with Crippen LogP contribution in [0, 0.1) is 11.1 Å². The highest BCUT2D eigenvalue weighted by molar-refractivity contribution is 5.98. The van der Waals surface area contributed by atoms with Crippen LogP contribution in [0.25, 0.3) is 0 Å². The quantitative estimate of drug-likeness (QED) is 0.566. The third kappa shape index (κ3) is 2.14. The Morgan fingerprint density at radius 3 is 2.79 bits per heavy atom. The Morgan fingerprint density at radius 1 is 1.34 bits per heavy atom. The topological polar surface area (TPSA) is 113 Å². The van der Waals surface area contributed by atoms with Crippen LogP contribution in [0.15, 0.2) is 12.1 Å². The molecule has 1 aromatic carbocycles. The van der Waals surface area contributed by atoms with Crippen molar-refractivity contribution in [1.82, 2.24) is 0 Å². The van der Waals surface area contributed by atoms with Crippen molar-refractivity contribution in [3.63, 3.8) is 0 Å². The number of hydrogen-bond donors (Lipinski definition) is 2. The van der Waals surface area contributed by atoms with E-state index in [0.29, 0.717) is 37.6 Å². The number of amides is 1. The van der Waals surface area contributed by atoms with Gasteiger partial charge in [-0.25, -0.2) is 0 Å². The van der Waals surface area contributed by atoms with Crippen LogP contribution in [0.2, 0.25) is 0 Å². The van der Waals surface area contributed by atoms with Gasteiger partial charge in [-0.1, -0.05) is 6.07 Å². The summed E-state index contributed by atoms with van der Waals surface area (Å²) in [5.74, 6) is 0.140. The molecule has 2 bridgehead atoms. The molecule has 1 amide bonds. The number of likely N-dealkylation sites (tertiary alicyclic amines) is 1. The first-order valence-corrected chi connectivity index (χ1v) is 10.3. The number of primary amides is 1. The molecule has 3 aliphatic carbocycles. The molecular weight excluding hydrogens is 396 g/mol. The van der Waals surface area contributed by atoms with Crippen molar-refractivity contribution in [1.29, 1.82) is 0 Å². The van der Waals surface area contributed by atoms with Gasteiger partial charge in [0.15, 0.2) is 11.9 Å². The summed E-state index contributed by atoms with van der Waals surface area (Å²) in [5, 5.41) is 26.0. The second kappa shape index (κ2) is 5.72. The highest BCUT2D eigenvalue weighted by atomic mass is 35.5. The van der Waals surface area contributed by atoms with E-state index in [-0.39, 0.29) is 41.2 Å². The van der Waals surface area contributed by atoms with Gasteiger partial charge in [-0.15, -0.1) is 12.4 Å². The summed E-state index contributed by atoms with van der Waals surface area (Å²) < 4.78 is 5.71. The fraction of sp³-hybridized carbons (Fsp3) is 0.619. The molecule has 7 nitrogen and oxygen atoms in total. The SMILES string of the molecule is Cl.NC(=O)c1ccc2c3c1O[C@H]1C(=O)CC[C@@]4(O)[C@@H](C2)[N+]([O-])(CC2CC2)CCC314. The van der Waals surface area contributed by atoms with Gasteiger partial charge in [0.05, 0.1) is 24.1 Å². The van der Waals surface area contributed by atoms with E-state index in [9.17, 15) is 19.9 Å². The fourth-order valence-corrected chi connectivity index (χ4v) is 6.75. The number of aliphatic hydroxyl groups is 1. The van der Waals surface area contributed by atoms with E-state index in [1.807, 2.05) is 6.07 Å². The maximum atomic E-state index is 13.9. The molecule has 1 spiro atoms. The van der Waals surface area contributed by atoms with E-state index in [1.165, 1.54) is 0 Å². The number of ketones is 1. The van der Waals surface area contributed by atoms with Crippen LogP contribution in [-0.2, 0) is 16.6 Å². The number of quaternary nitrogens is 1. The molecule has 0 radical (unpaired) electrons. The number of hydrogen-bond acceptors (Lipinski definition) is 5. The third-order valence-electron chi connectivity index (χ3n) is 8.14. The highest BCUT2D eigenvalue weighted by Crippen LogP contribution is 2.65. The van der Waals surface area contributed by atoms with Gasteiger partial charge in [0.25, 0.3) is 5.91 Å². The molecule has 29 heavy (non-hydrogen) atoms. The first kappa shape index (κ1) is 19.3. The number of carbonyl (C=O) groups is 2. The largest absolute Gasteiger partial charge is 0.632 e. The van der Waals surface area contributed by atoms with Crippen molar-refractivity contribution < 1.29 is 24.1 Å². The number of carbonyl (C=O) groups excluding carboxylic acids is 2. The van der Waals surface area contributed by atoms with Crippen LogP contribution in [0.5, 0.6) is 5.75 Å². The van der Waals surface area contributed by atoms with Crippen molar-refractivity contribution in [2.45, 2.75) is 61.7 Å². The molecule has 3 fully saturated rings. The first-order chi connectivity index (χ1) is 13.3. The molecule has 2 unspecified atom stereocenters. The van der Waals surface area contributed by atoms with Crippen molar-refractivity contribution in [2.24, 2.45) is 11.7 Å². The van der Waals surface area contributed by atoms with Gasteiger partial charge in [-0.3, -0.25) is 9.59 Å². The van der Waals surface area contributed by atoms with E-state index >= 15 is 0 Å². The van der Waals surface area contributed by atoms with Crippen LogP contribution >= 0.6 is 12.4 Å². The number of ether oxygens (including phenoxy) is 1. The zero-order chi connectivity index (χ0) is 19.5. The van der Waals surface area contributed by atoms with E-state index < -0.39 is 29.1 Å². The summed E-state index contributed by atoms with van der Waals surface area (Å²) in [7, 11) is 0. The number of halogens is 1. The van der Waals surface area contributed by atoms with Gasteiger partial charge < -0.3 is 25.4 Å². The van der Waals surface area contributed by atoms with Gasteiger partial charge in [-0.05, 0) is 30.9 Å². The Kier molecular flexibility index (Phi) is 3.81. The molecule has 156 valence electrons. The van der Waals surface area contributed by atoms with Crippen LogP contribution in [0.3, 0.4) is 0 Å². The molecule has 8 heteroatoms. The minimum atomic E-state index is -1.30. The van der Waals surface area contributed by atoms with Crippen LogP contribution in [0.1, 0.15) is 53.6 Å². The van der Waals surface area contributed by atoms with E-state index in [2.05, 4.69) is 0 Å². The lowest BCUT2D eigenvalue weighted by Gasteiger charge is -2.67. The number of nitrogens with two attached hydrogens (primary N) is 1. The van der Waals surface area contributed by atoms with Crippen LogP contribution < -0.4 is 10.5 Å². The summed E-state index contributed by atoms with van der Waals surface area (Å²) in [6.07, 6.45) is 2.66. The van der Waals surface area contributed by atoms with Gasteiger partial charge in [0, 0.05) is 30.7 Å². The van der Waals surface area contributed by atoms with Crippen molar-refractivity contribution in [3.8, 4) is 5.75 Å². The summed E-state index contributed by atoms with van der Waals surface area (Å²) in [5.41, 5.74) is 5.26. The van der Waals surface area contributed by atoms with Crippen LogP contribution in [-0.4, -0.2) is 52.3 Å². The second-order valence-corrected chi connectivity index (χ2v) is 9.47. The zero-order valence-electron chi connectivity index (χ0n) is 16.1. The summed E-state index contributed by atoms with van der Waals surface area (Å²) in [4.78, 5) is 24.8. The summed E-state index contributed by atoms with van der Waals surface area (Å²) in [6.45, 7) is 0.917. The lowest BCUT2D eigenvalue weighted by Crippen LogP contribution is -2.80. The molecule has 2 aliphatic heterocycles. The number of rotatable bonds is 3. The van der Waals surface area contributed by atoms with E-state index in [1.54, 1.807) is 6.07 Å². The average molecular weight is 421 g/mol. The Balaban J connectivity index is 0.00000181. The lowest BCUT2D eigenvalue weighted by atomic mass is 9.48. The molecule has 3 N–H and O–H groups in total. The van der Waals surface area contributed by atoms with Gasteiger partial charge >= 0.3 is 0 Å². The monoisotopic (exact) mass is 420 g/mol. The van der Waals surface area contributed by atoms with Gasteiger partial charge in [0.1, 0.15) is 17.4 Å². The van der Waals surface area contributed by atoms with Gasteiger partial charge in [0.2, 0.25) is 0 Å². The molecular formula is C21H25ClN2O5. The number of nitrogens with zero attached hydrogens (tertiary/aromatic N) is 1. The average Bonchev–Trinajstić information content (AvgIpc) is 3.37. The number of Topliss-reactive ketones (excluding diaryl/α,β-unsaturated/α-hetero) is 1. The fourth-order valence-electron chi connectivity index (χ4n) is 6.75. The number of benzene rings is 1. The molecule has 5 aliphatic rings. The smallest absolute Gasteiger partial charge is 0.252 e. The third-order valence-corrected chi connectivity index (χ3v) is 8.14. The second-order valence-electron chi connectivity index (χ2n) is 9.47. The Labute approximate surface area is 174 Å². The number of piperidine rings is 1. The maximum absolute atomic E-state index is 13.9. The molecule has 1 saturated heterocycles. The highest BCUT2D eigenvalue weighted by Gasteiger charge is 2.76. The lowest BCUT2D eigenvalue weighted by molar-refractivity contribution is -0.923. The Morgan fingerprint density at radius 2 is 2.10 bits per heavy atom. The molecule has 6 rings (SSSR count). The predicted octanol–water partition coefficient (Wildman–Crippen LogP) is 1.35. The molecule has 2 heterocycles. The van der Waals surface area contributed by atoms with Crippen molar-refractivity contribution in [2.75, 3.05) is 13.1 Å². The minimum Gasteiger partial charge on any atom is -0.632 e. The van der Waals surface area contributed by atoms with Crippen LogP contribution in [0.4, 0.5) is 0 Å². The standard InChI is InChI=1S/C21H24N2O5.ClH/c22-19(25)13-4-3-12-9-15-21(26)6-5-14(24)18-20(21,16(12)17(13)28-18)7-8-23(15,27)10-11-1-2-11;/h3-4,11,15,18,26H,1-2,5-10H2,(H2,22,25);1H/t15-,18+,20?,21-,23?;/m1./s1. The van der Waals surface area contributed by atoms with E-state index in [4.69, 9.17) is 10.5 Å². The van der Waals surface area contributed by atoms with Gasteiger partial charge in [-0.2, -0.15) is 0 Å². The Bertz CT molecular complexity index is 949. The molecule has 5 atom stereocenters. The van der Waals surface area contributed by atoms with Crippen molar-refractivity contribution in [3.05, 3.63) is 34.0 Å². The minimum absolute atomic E-state index is 0. The predicted molar refractivity (Wildman–Crippen MR) is 106 cm³/mol. The maximum Gasteiger partial charge on any atom is 0.252 e. The molecule has 2 saturated carbocycles. The number of hydroxylamine groups is 3. The normalized spacial score (nSPS) is 41.2. The molecule has 0 aromatic heterocycles. The first-order valence-electron chi connectivity index (χ1n) is 10.3. The van der Waals surface area contributed by atoms with E-state index in [0.717, 1.165) is 24.0 Å². The molecule has 1 aromatic rings. The summed E-state index contributed by atoms with van der Waals surface area (Å²) in [6, 6.07) is 2.97. The zero-order valence-corrected chi connectivity index (χ0v) is 16.9.